The molecule has 3 rings (SSSR count). The van der Waals surface area contributed by atoms with E-state index in [1.165, 1.54) is 0 Å². The van der Waals surface area contributed by atoms with E-state index in [0.717, 1.165) is 31.5 Å². The molecule has 0 bridgehead atoms. The Labute approximate surface area is 107 Å². The van der Waals surface area contributed by atoms with E-state index < -0.39 is 0 Å². The molecule has 2 heterocycles. The molecule has 1 N–H and O–H groups in total. The van der Waals surface area contributed by atoms with Crippen LogP contribution in [0.25, 0.3) is 0 Å². The smallest absolute Gasteiger partial charge is 0.410 e. The lowest BCUT2D eigenvalue weighted by atomic mass is 9.89. The van der Waals surface area contributed by atoms with Crippen LogP contribution >= 0.6 is 0 Å². The van der Waals surface area contributed by atoms with Gasteiger partial charge in [0.15, 0.2) is 0 Å². The van der Waals surface area contributed by atoms with Crippen molar-refractivity contribution in [2.24, 2.45) is 0 Å². The van der Waals surface area contributed by atoms with Crippen molar-refractivity contribution in [3.8, 4) is 0 Å². The van der Waals surface area contributed by atoms with Crippen LogP contribution in [-0.2, 0) is 11.3 Å². The second-order valence-electron chi connectivity index (χ2n) is 5.13. The largest absolute Gasteiger partial charge is 0.447 e. The summed E-state index contributed by atoms with van der Waals surface area (Å²) in [5, 5.41) is 3.38. The number of carbonyl (C=O) groups is 1. The van der Waals surface area contributed by atoms with Crippen LogP contribution in [0.3, 0.4) is 0 Å². The van der Waals surface area contributed by atoms with Crippen LogP contribution in [0.1, 0.15) is 18.4 Å². The summed E-state index contributed by atoms with van der Waals surface area (Å²) >= 11 is 0. The van der Waals surface area contributed by atoms with E-state index in [1.54, 1.807) is 0 Å². The van der Waals surface area contributed by atoms with E-state index in [0.29, 0.717) is 13.2 Å². The molecular weight excluding hydrogens is 228 g/mol. The standard InChI is InChI=1S/C14H18N2O2/c17-13-16(9-12-5-2-1-3-6-12)14(11-18-13)7-4-8-15-10-14/h1-3,5-6,15H,4,7-11H2. The van der Waals surface area contributed by atoms with E-state index in [2.05, 4.69) is 17.4 Å². The highest BCUT2D eigenvalue weighted by molar-refractivity contribution is 5.71. The van der Waals surface area contributed by atoms with Gasteiger partial charge in [-0.3, -0.25) is 4.90 Å². The Morgan fingerprint density at radius 3 is 2.89 bits per heavy atom. The van der Waals surface area contributed by atoms with Crippen LogP contribution in [0.5, 0.6) is 0 Å². The molecule has 1 atom stereocenters. The first-order chi connectivity index (χ1) is 8.80. The van der Waals surface area contributed by atoms with Crippen molar-refractivity contribution in [3.05, 3.63) is 35.9 Å². The van der Waals surface area contributed by atoms with Gasteiger partial charge in [-0.25, -0.2) is 4.79 Å². The predicted molar refractivity (Wildman–Crippen MR) is 68.2 cm³/mol. The lowest BCUT2D eigenvalue weighted by molar-refractivity contribution is 0.124. The molecule has 2 aliphatic heterocycles. The fourth-order valence-electron chi connectivity index (χ4n) is 2.85. The first-order valence-corrected chi connectivity index (χ1v) is 6.49. The Morgan fingerprint density at radius 2 is 2.17 bits per heavy atom. The van der Waals surface area contributed by atoms with Gasteiger partial charge in [0, 0.05) is 13.1 Å². The first-order valence-electron chi connectivity index (χ1n) is 6.49. The monoisotopic (exact) mass is 246 g/mol. The van der Waals surface area contributed by atoms with Gasteiger partial charge < -0.3 is 10.1 Å². The molecule has 2 aliphatic rings. The van der Waals surface area contributed by atoms with Crippen molar-refractivity contribution in [1.29, 1.82) is 0 Å². The zero-order valence-corrected chi connectivity index (χ0v) is 10.4. The van der Waals surface area contributed by atoms with Gasteiger partial charge >= 0.3 is 6.09 Å². The molecule has 0 radical (unpaired) electrons. The van der Waals surface area contributed by atoms with Crippen LogP contribution < -0.4 is 5.32 Å². The molecular formula is C14H18N2O2. The van der Waals surface area contributed by atoms with Crippen molar-refractivity contribution < 1.29 is 9.53 Å². The van der Waals surface area contributed by atoms with Crippen molar-refractivity contribution in [2.45, 2.75) is 24.9 Å². The number of hydrogen-bond donors (Lipinski definition) is 1. The molecule has 4 nitrogen and oxygen atoms in total. The van der Waals surface area contributed by atoms with E-state index in [9.17, 15) is 4.79 Å². The van der Waals surface area contributed by atoms with Crippen molar-refractivity contribution in [2.75, 3.05) is 19.7 Å². The Balaban J connectivity index is 1.81. The zero-order valence-electron chi connectivity index (χ0n) is 10.4. The van der Waals surface area contributed by atoms with Gasteiger partial charge in [-0.05, 0) is 24.9 Å². The minimum absolute atomic E-state index is 0.134. The van der Waals surface area contributed by atoms with E-state index in [1.807, 2.05) is 23.1 Å². The Bertz CT molecular complexity index is 427. The number of nitrogens with one attached hydrogen (secondary N) is 1. The van der Waals surface area contributed by atoms with Crippen molar-refractivity contribution >= 4 is 6.09 Å². The third-order valence-corrected chi connectivity index (χ3v) is 3.89. The summed E-state index contributed by atoms with van der Waals surface area (Å²) in [4.78, 5) is 13.8. The normalized spacial score (nSPS) is 27.6. The summed E-state index contributed by atoms with van der Waals surface area (Å²) in [7, 11) is 0. The molecule has 0 aliphatic carbocycles. The molecule has 0 saturated carbocycles. The van der Waals surface area contributed by atoms with E-state index in [-0.39, 0.29) is 11.6 Å². The third-order valence-electron chi connectivity index (χ3n) is 3.89. The molecule has 1 unspecified atom stereocenters. The number of carbonyl (C=O) groups excluding carboxylic acids is 1. The van der Waals surface area contributed by atoms with Gasteiger partial charge in [0.1, 0.15) is 6.61 Å². The fourth-order valence-corrected chi connectivity index (χ4v) is 2.85. The third kappa shape index (κ3) is 1.97. The SMILES string of the molecule is O=C1OCC2(CCCNC2)N1Cc1ccccc1. The van der Waals surface area contributed by atoms with Gasteiger partial charge in [-0.2, -0.15) is 0 Å². The van der Waals surface area contributed by atoms with Gasteiger partial charge in [-0.1, -0.05) is 30.3 Å². The maximum absolute atomic E-state index is 11.9. The highest BCUT2D eigenvalue weighted by Gasteiger charge is 2.47. The van der Waals surface area contributed by atoms with Crippen LogP contribution in [0.4, 0.5) is 4.79 Å². The quantitative estimate of drug-likeness (QED) is 0.864. The fraction of sp³-hybridized carbons (Fsp3) is 0.500. The minimum Gasteiger partial charge on any atom is -0.447 e. The van der Waals surface area contributed by atoms with Gasteiger partial charge in [0.05, 0.1) is 5.54 Å². The molecule has 96 valence electrons. The van der Waals surface area contributed by atoms with Crippen molar-refractivity contribution in [3.63, 3.8) is 0 Å². The topological polar surface area (TPSA) is 41.6 Å². The van der Waals surface area contributed by atoms with Crippen LogP contribution in [0.15, 0.2) is 30.3 Å². The average molecular weight is 246 g/mol. The van der Waals surface area contributed by atoms with Crippen molar-refractivity contribution in [1.82, 2.24) is 10.2 Å². The molecule has 1 aromatic rings. The number of amides is 1. The Hall–Kier alpha value is -1.55. The molecule has 0 aromatic heterocycles. The number of rotatable bonds is 2. The maximum Gasteiger partial charge on any atom is 0.410 e. The molecule has 1 aromatic carbocycles. The summed E-state index contributed by atoms with van der Waals surface area (Å²) in [5.74, 6) is 0. The Morgan fingerprint density at radius 1 is 1.33 bits per heavy atom. The number of piperidine rings is 1. The second kappa shape index (κ2) is 4.61. The number of benzene rings is 1. The molecule has 2 fully saturated rings. The predicted octanol–water partition coefficient (Wildman–Crippen LogP) is 1.76. The van der Waals surface area contributed by atoms with Gasteiger partial charge in [0.25, 0.3) is 0 Å². The van der Waals surface area contributed by atoms with Crippen LogP contribution in [0.2, 0.25) is 0 Å². The minimum atomic E-state index is -0.178. The van der Waals surface area contributed by atoms with Gasteiger partial charge in [0.2, 0.25) is 0 Å². The maximum atomic E-state index is 11.9. The average Bonchev–Trinajstić information content (AvgIpc) is 2.71. The summed E-state index contributed by atoms with van der Waals surface area (Å²) in [6.07, 6.45) is 1.95. The second-order valence-corrected chi connectivity index (χ2v) is 5.13. The highest BCUT2D eigenvalue weighted by Crippen LogP contribution is 2.32. The number of nitrogens with zero attached hydrogens (tertiary/aromatic N) is 1. The Kier molecular flexibility index (Phi) is 2.96. The summed E-state index contributed by atoms with van der Waals surface area (Å²) in [5.41, 5.74) is 1.02. The summed E-state index contributed by atoms with van der Waals surface area (Å²) in [6.45, 7) is 3.04. The zero-order chi connectivity index (χ0) is 12.4. The van der Waals surface area contributed by atoms with Gasteiger partial charge in [-0.15, -0.1) is 0 Å². The first kappa shape index (κ1) is 11.5. The molecule has 18 heavy (non-hydrogen) atoms. The number of cyclic esters (lactones) is 1. The van der Waals surface area contributed by atoms with Crippen LogP contribution in [0, 0.1) is 0 Å². The summed E-state index contributed by atoms with van der Waals surface area (Å²) in [6, 6.07) is 10.1. The number of hydrogen-bond acceptors (Lipinski definition) is 3. The molecule has 2 saturated heterocycles. The van der Waals surface area contributed by atoms with E-state index >= 15 is 0 Å². The molecule has 1 spiro atoms. The van der Waals surface area contributed by atoms with E-state index in [4.69, 9.17) is 4.74 Å². The molecule has 4 heteroatoms. The highest BCUT2D eigenvalue weighted by atomic mass is 16.6. The lowest BCUT2D eigenvalue weighted by Crippen LogP contribution is -2.56. The van der Waals surface area contributed by atoms with Crippen LogP contribution in [-0.4, -0.2) is 36.2 Å². The molecule has 1 amide bonds. The number of ether oxygens (including phenoxy) is 1. The summed E-state index contributed by atoms with van der Waals surface area (Å²) < 4.78 is 5.28. The lowest BCUT2D eigenvalue weighted by Gasteiger charge is -2.38.